The molecule has 0 aromatic carbocycles. The number of carboxylic acids is 1. The molecule has 0 aromatic rings. The smallest absolute Gasteiger partial charge is 0.306 e. The van der Waals surface area contributed by atoms with Gasteiger partial charge in [-0.15, -0.1) is 0 Å². The zero-order valence-corrected chi connectivity index (χ0v) is 41.7. The normalized spacial score (nSPS) is 13.6. The third-order valence-electron chi connectivity index (χ3n) is 11.0. The molecular formula is C56H95NO7. The molecule has 0 bridgehead atoms. The van der Waals surface area contributed by atoms with Crippen molar-refractivity contribution in [3.8, 4) is 0 Å². The Morgan fingerprint density at radius 3 is 1.36 bits per heavy atom. The van der Waals surface area contributed by atoms with E-state index in [9.17, 15) is 19.5 Å². The monoisotopic (exact) mass is 894 g/mol. The number of carboxylic acid groups (broad SMARTS) is 1. The molecule has 0 aromatic heterocycles. The standard InChI is InChI=1S/C56H95NO7/c1-6-8-10-12-14-16-18-20-22-24-26-27-29-31-33-35-37-39-41-43-45-47-55(59)64-52(50-62-49-48-53(56(60)61)57(3,4)5)51-63-54(58)46-44-42-40-38-36-34-32-30-28-25-23-21-19-17-15-13-11-9-7-2/h9,11,15,17,21,23,27-30,34,36,40,42,52-53H,6-8,10,12-14,16,18-20,22,24-26,31-33,35,37-39,41,43-51H2,1-5H3/b11-9+,17-15+,23-21+,29-27+,30-28+,36-34+,42-40+. The van der Waals surface area contributed by atoms with Gasteiger partial charge in [0.05, 0.1) is 40.3 Å². The summed E-state index contributed by atoms with van der Waals surface area (Å²) in [5, 5.41) is 11.7. The zero-order valence-electron chi connectivity index (χ0n) is 41.7. The van der Waals surface area contributed by atoms with E-state index in [4.69, 9.17) is 14.2 Å². The molecule has 0 aliphatic heterocycles. The first-order chi connectivity index (χ1) is 31.1. The molecule has 0 spiro atoms. The summed E-state index contributed by atoms with van der Waals surface area (Å²) in [6, 6.07) is -0.742. The second-order valence-electron chi connectivity index (χ2n) is 18.0. The van der Waals surface area contributed by atoms with Crippen LogP contribution in [0.5, 0.6) is 0 Å². The molecule has 366 valence electrons. The number of aliphatic carboxylic acids is 1. The Balaban J connectivity index is 4.37. The van der Waals surface area contributed by atoms with Crippen LogP contribution in [0, 0.1) is 0 Å². The van der Waals surface area contributed by atoms with Gasteiger partial charge in [-0.25, -0.2) is 0 Å². The molecule has 0 amide bonds. The quantitative estimate of drug-likeness (QED) is 0.0260. The van der Waals surface area contributed by atoms with Gasteiger partial charge in [0, 0.05) is 19.3 Å². The van der Waals surface area contributed by atoms with Crippen LogP contribution in [0.1, 0.15) is 200 Å². The molecule has 8 nitrogen and oxygen atoms in total. The summed E-state index contributed by atoms with van der Waals surface area (Å²) in [4.78, 5) is 37.0. The Labute approximate surface area is 393 Å². The number of allylic oxidation sites excluding steroid dienone is 14. The van der Waals surface area contributed by atoms with Crippen LogP contribution in [0.4, 0.5) is 0 Å². The van der Waals surface area contributed by atoms with Crippen LogP contribution in [0.25, 0.3) is 0 Å². The summed E-state index contributed by atoms with van der Waals surface area (Å²) < 4.78 is 17.1. The fraction of sp³-hybridized carbons (Fsp3) is 0.696. The Hall–Kier alpha value is -3.49. The van der Waals surface area contributed by atoms with E-state index < -0.39 is 18.1 Å². The van der Waals surface area contributed by atoms with E-state index in [0.29, 0.717) is 12.8 Å². The molecule has 0 radical (unpaired) electrons. The van der Waals surface area contributed by atoms with Crippen molar-refractivity contribution >= 4 is 17.9 Å². The van der Waals surface area contributed by atoms with Gasteiger partial charge in [0.1, 0.15) is 12.6 Å². The first-order valence-electron chi connectivity index (χ1n) is 25.6. The summed E-state index contributed by atoms with van der Waals surface area (Å²) in [6.45, 7) is 4.47. The number of rotatable bonds is 45. The average molecular weight is 894 g/mol. The van der Waals surface area contributed by atoms with Gasteiger partial charge >= 0.3 is 11.9 Å². The van der Waals surface area contributed by atoms with Crippen molar-refractivity contribution in [2.45, 2.75) is 212 Å². The molecule has 0 N–H and O–H groups in total. The van der Waals surface area contributed by atoms with Crippen LogP contribution in [0.3, 0.4) is 0 Å². The largest absolute Gasteiger partial charge is 0.544 e. The topological polar surface area (TPSA) is 102 Å². The van der Waals surface area contributed by atoms with Gasteiger partial charge in [0.25, 0.3) is 0 Å². The Morgan fingerprint density at radius 2 is 0.906 bits per heavy atom. The van der Waals surface area contributed by atoms with Crippen molar-refractivity contribution in [2.24, 2.45) is 0 Å². The second kappa shape index (κ2) is 46.1. The molecule has 0 aliphatic rings. The molecule has 8 heteroatoms. The third-order valence-corrected chi connectivity index (χ3v) is 11.0. The lowest BCUT2D eigenvalue weighted by Crippen LogP contribution is -2.55. The number of nitrogens with zero attached hydrogens (tertiary/aromatic N) is 1. The molecular weight excluding hydrogens is 799 g/mol. The Morgan fingerprint density at radius 1 is 0.484 bits per heavy atom. The second-order valence-corrected chi connectivity index (χ2v) is 18.0. The molecule has 64 heavy (non-hydrogen) atoms. The Kier molecular flexibility index (Phi) is 43.5. The van der Waals surface area contributed by atoms with Crippen molar-refractivity contribution in [3.63, 3.8) is 0 Å². The summed E-state index contributed by atoms with van der Waals surface area (Å²) in [6.07, 6.45) is 60.6. The first kappa shape index (κ1) is 60.5. The fourth-order valence-corrected chi connectivity index (χ4v) is 7.09. The Bertz CT molecular complexity index is 1320. The summed E-state index contributed by atoms with van der Waals surface area (Å²) >= 11 is 0. The minimum atomic E-state index is -1.14. The maximum absolute atomic E-state index is 12.8. The van der Waals surface area contributed by atoms with E-state index in [1.54, 1.807) is 21.1 Å². The van der Waals surface area contributed by atoms with Gasteiger partial charge in [0.15, 0.2) is 6.10 Å². The van der Waals surface area contributed by atoms with E-state index in [-0.39, 0.29) is 49.1 Å². The number of ether oxygens (including phenoxy) is 3. The number of likely N-dealkylation sites (N-methyl/N-ethyl adjacent to an activating group) is 1. The summed E-state index contributed by atoms with van der Waals surface area (Å²) in [5.74, 6) is -1.85. The molecule has 0 heterocycles. The van der Waals surface area contributed by atoms with Gasteiger partial charge in [0.2, 0.25) is 0 Å². The maximum atomic E-state index is 12.8. The van der Waals surface area contributed by atoms with Crippen LogP contribution in [-0.4, -0.2) is 75.5 Å². The van der Waals surface area contributed by atoms with E-state index in [1.165, 1.54) is 103 Å². The number of unbranched alkanes of at least 4 members (excludes halogenated alkanes) is 17. The van der Waals surface area contributed by atoms with Crippen LogP contribution >= 0.6 is 0 Å². The zero-order chi connectivity index (χ0) is 47.0. The molecule has 0 fully saturated rings. The summed E-state index contributed by atoms with van der Waals surface area (Å²) in [5.41, 5.74) is 0. The first-order valence-corrected chi connectivity index (χ1v) is 25.6. The molecule has 0 rings (SSSR count). The van der Waals surface area contributed by atoms with Crippen LogP contribution in [0.15, 0.2) is 85.1 Å². The van der Waals surface area contributed by atoms with E-state index >= 15 is 0 Å². The van der Waals surface area contributed by atoms with Gasteiger partial charge in [-0.05, 0) is 77.0 Å². The number of quaternary nitrogens is 1. The lowest BCUT2D eigenvalue weighted by Gasteiger charge is -2.34. The minimum Gasteiger partial charge on any atom is -0.544 e. The van der Waals surface area contributed by atoms with Crippen LogP contribution in [0.2, 0.25) is 0 Å². The van der Waals surface area contributed by atoms with Crippen molar-refractivity contribution in [2.75, 3.05) is 41.0 Å². The lowest BCUT2D eigenvalue weighted by molar-refractivity contribution is -0.889. The predicted octanol–water partition coefficient (Wildman–Crippen LogP) is 13.5. The molecule has 0 saturated heterocycles. The number of carbonyl (C=O) groups excluding carboxylic acids is 3. The highest BCUT2D eigenvalue weighted by atomic mass is 16.6. The van der Waals surface area contributed by atoms with Gasteiger partial charge < -0.3 is 28.6 Å². The van der Waals surface area contributed by atoms with Crippen LogP contribution < -0.4 is 5.11 Å². The number of hydrogen-bond donors (Lipinski definition) is 0. The average Bonchev–Trinajstić information content (AvgIpc) is 3.26. The molecule has 2 unspecified atom stereocenters. The van der Waals surface area contributed by atoms with Crippen molar-refractivity contribution in [3.05, 3.63) is 85.1 Å². The highest BCUT2D eigenvalue weighted by Crippen LogP contribution is 2.14. The number of esters is 2. The fourth-order valence-electron chi connectivity index (χ4n) is 7.09. The SMILES string of the molecule is CC/C=C/C/C=C/C/C=C/C/C=C/C/C=C/C/C=C/CCC(=O)OCC(COCCC(C(=O)[O-])[N+](C)(C)C)OC(=O)CCCCCCCCC/C=C/CCCCCCCCCCCC. The van der Waals surface area contributed by atoms with Crippen molar-refractivity contribution < 1.29 is 38.2 Å². The maximum Gasteiger partial charge on any atom is 0.306 e. The molecule has 0 aliphatic carbocycles. The van der Waals surface area contributed by atoms with E-state index in [0.717, 1.165) is 57.8 Å². The van der Waals surface area contributed by atoms with Crippen molar-refractivity contribution in [1.82, 2.24) is 0 Å². The predicted molar refractivity (Wildman–Crippen MR) is 268 cm³/mol. The molecule has 0 saturated carbocycles. The summed E-state index contributed by atoms with van der Waals surface area (Å²) in [7, 11) is 5.39. The molecule has 2 atom stereocenters. The third kappa shape index (κ3) is 43.7. The van der Waals surface area contributed by atoms with Gasteiger partial charge in [-0.3, -0.25) is 9.59 Å². The van der Waals surface area contributed by atoms with Crippen LogP contribution in [-0.2, 0) is 28.6 Å². The van der Waals surface area contributed by atoms with Gasteiger partial charge in [-0.2, -0.15) is 0 Å². The van der Waals surface area contributed by atoms with E-state index in [1.807, 2.05) is 12.2 Å². The number of hydrogen-bond acceptors (Lipinski definition) is 7. The number of carbonyl (C=O) groups is 3. The minimum absolute atomic E-state index is 0.0115. The van der Waals surface area contributed by atoms with Gasteiger partial charge in [-0.1, -0.05) is 189 Å². The lowest BCUT2D eigenvalue weighted by atomic mass is 10.1. The van der Waals surface area contributed by atoms with Crippen molar-refractivity contribution in [1.29, 1.82) is 0 Å². The van der Waals surface area contributed by atoms with E-state index in [2.05, 4.69) is 86.8 Å². The highest BCUT2D eigenvalue weighted by Gasteiger charge is 2.25. The highest BCUT2D eigenvalue weighted by molar-refractivity contribution is 5.70.